The number of amides is 1. The third-order valence-corrected chi connectivity index (χ3v) is 5.76. The van der Waals surface area contributed by atoms with E-state index in [0.717, 1.165) is 28.9 Å². The standard InChI is InChI=1S/C24H29N3O/c1-18-7-6-12-27(16-18)17-20-9-3-2-8-19(20)14-26-24(28)13-21-15-25-23-11-5-4-10-22(21)23/h2-5,8-11,15,18,25H,6-7,12-14,16-17H2,1H3,(H,26,28)/t18-/m1/s1. The summed E-state index contributed by atoms with van der Waals surface area (Å²) >= 11 is 0. The van der Waals surface area contributed by atoms with Crippen molar-refractivity contribution >= 4 is 16.8 Å². The topological polar surface area (TPSA) is 48.1 Å². The molecule has 1 aliphatic rings. The van der Waals surface area contributed by atoms with Crippen LogP contribution in [0.1, 0.15) is 36.5 Å². The number of aromatic amines is 1. The van der Waals surface area contributed by atoms with Gasteiger partial charge in [0.1, 0.15) is 0 Å². The Kier molecular flexibility index (Phi) is 5.77. The molecule has 1 amide bonds. The van der Waals surface area contributed by atoms with Gasteiger partial charge in [-0.15, -0.1) is 0 Å². The summed E-state index contributed by atoms with van der Waals surface area (Å²) in [5.74, 6) is 0.836. The molecule has 4 heteroatoms. The molecular weight excluding hydrogens is 346 g/mol. The molecule has 2 heterocycles. The maximum atomic E-state index is 12.5. The Hall–Kier alpha value is -2.59. The fourth-order valence-corrected chi connectivity index (χ4v) is 4.26. The van der Waals surface area contributed by atoms with E-state index in [2.05, 4.69) is 52.5 Å². The highest BCUT2D eigenvalue weighted by Crippen LogP contribution is 2.20. The summed E-state index contributed by atoms with van der Waals surface area (Å²) in [6.45, 7) is 6.23. The van der Waals surface area contributed by atoms with Crippen LogP contribution in [-0.2, 0) is 24.3 Å². The molecule has 0 radical (unpaired) electrons. The molecule has 146 valence electrons. The van der Waals surface area contributed by atoms with Gasteiger partial charge in [0.05, 0.1) is 6.42 Å². The number of likely N-dealkylation sites (tertiary alicyclic amines) is 1. The number of carbonyl (C=O) groups is 1. The van der Waals surface area contributed by atoms with Crippen molar-refractivity contribution in [3.63, 3.8) is 0 Å². The molecule has 3 aromatic rings. The lowest BCUT2D eigenvalue weighted by atomic mass is 9.99. The minimum Gasteiger partial charge on any atom is -0.361 e. The fraction of sp³-hybridized carbons (Fsp3) is 0.375. The van der Waals surface area contributed by atoms with E-state index in [-0.39, 0.29) is 5.91 Å². The van der Waals surface area contributed by atoms with Gasteiger partial charge in [-0.05, 0) is 48.1 Å². The average Bonchev–Trinajstić information content (AvgIpc) is 3.10. The number of hydrogen-bond acceptors (Lipinski definition) is 2. The van der Waals surface area contributed by atoms with Gasteiger partial charge in [-0.2, -0.15) is 0 Å². The van der Waals surface area contributed by atoms with Gasteiger partial charge >= 0.3 is 0 Å². The van der Waals surface area contributed by atoms with Crippen molar-refractivity contribution in [2.75, 3.05) is 13.1 Å². The molecule has 1 aromatic heterocycles. The number of fused-ring (bicyclic) bond motifs is 1. The number of benzene rings is 2. The van der Waals surface area contributed by atoms with Gasteiger partial charge in [0, 0.05) is 36.7 Å². The van der Waals surface area contributed by atoms with Crippen LogP contribution in [0.25, 0.3) is 10.9 Å². The first kappa shape index (κ1) is 18.8. The summed E-state index contributed by atoms with van der Waals surface area (Å²) in [4.78, 5) is 18.3. The SMILES string of the molecule is C[C@@H]1CCCN(Cc2ccccc2CNC(=O)Cc2c[nH]c3ccccc23)C1. The molecule has 1 aliphatic heterocycles. The van der Waals surface area contributed by atoms with E-state index < -0.39 is 0 Å². The van der Waals surface area contributed by atoms with E-state index in [1.165, 1.54) is 37.1 Å². The summed E-state index contributed by atoms with van der Waals surface area (Å²) in [6.07, 6.45) is 4.96. The third-order valence-electron chi connectivity index (χ3n) is 5.76. The minimum atomic E-state index is 0.0613. The zero-order valence-corrected chi connectivity index (χ0v) is 16.6. The molecule has 0 spiro atoms. The van der Waals surface area contributed by atoms with E-state index in [1.807, 2.05) is 24.4 Å². The van der Waals surface area contributed by atoms with Crippen LogP contribution in [0, 0.1) is 5.92 Å². The Morgan fingerprint density at radius 2 is 1.89 bits per heavy atom. The molecule has 0 saturated carbocycles. The number of carbonyl (C=O) groups excluding carboxylic acids is 1. The monoisotopic (exact) mass is 375 g/mol. The van der Waals surface area contributed by atoms with Gasteiger partial charge in [-0.1, -0.05) is 49.4 Å². The van der Waals surface area contributed by atoms with E-state index in [0.29, 0.717) is 13.0 Å². The quantitative estimate of drug-likeness (QED) is 0.676. The van der Waals surface area contributed by atoms with Crippen molar-refractivity contribution < 1.29 is 4.79 Å². The average molecular weight is 376 g/mol. The molecule has 28 heavy (non-hydrogen) atoms. The van der Waals surface area contributed by atoms with E-state index in [1.54, 1.807) is 0 Å². The maximum Gasteiger partial charge on any atom is 0.224 e. The van der Waals surface area contributed by atoms with Crippen molar-refractivity contribution in [2.45, 2.75) is 39.3 Å². The molecule has 0 aliphatic carbocycles. The molecule has 2 N–H and O–H groups in total. The van der Waals surface area contributed by atoms with E-state index in [9.17, 15) is 4.79 Å². The van der Waals surface area contributed by atoms with Crippen LogP contribution in [0.4, 0.5) is 0 Å². The molecule has 2 aromatic carbocycles. The van der Waals surface area contributed by atoms with Crippen molar-refractivity contribution in [1.29, 1.82) is 0 Å². The zero-order valence-electron chi connectivity index (χ0n) is 16.6. The summed E-state index contributed by atoms with van der Waals surface area (Å²) in [5, 5.41) is 4.24. The fourth-order valence-electron chi connectivity index (χ4n) is 4.26. The first-order valence-electron chi connectivity index (χ1n) is 10.3. The largest absolute Gasteiger partial charge is 0.361 e. The van der Waals surface area contributed by atoms with Crippen molar-refractivity contribution in [3.05, 3.63) is 71.4 Å². The first-order valence-corrected chi connectivity index (χ1v) is 10.3. The maximum absolute atomic E-state index is 12.5. The number of H-pyrrole nitrogens is 1. The Balaban J connectivity index is 1.37. The van der Waals surface area contributed by atoms with Gasteiger partial charge in [0.15, 0.2) is 0 Å². The van der Waals surface area contributed by atoms with Gasteiger partial charge in [0.25, 0.3) is 0 Å². The smallest absolute Gasteiger partial charge is 0.224 e. The summed E-state index contributed by atoms with van der Waals surface area (Å²) < 4.78 is 0. The zero-order chi connectivity index (χ0) is 19.3. The lowest BCUT2D eigenvalue weighted by Crippen LogP contribution is -2.34. The summed E-state index contributed by atoms with van der Waals surface area (Å²) in [7, 11) is 0. The highest BCUT2D eigenvalue weighted by atomic mass is 16.1. The Morgan fingerprint density at radius 1 is 1.11 bits per heavy atom. The molecule has 4 nitrogen and oxygen atoms in total. The highest BCUT2D eigenvalue weighted by Gasteiger charge is 2.17. The predicted octanol–water partition coefficient (Wildman–Crippen LogP) is 4.26. The number of hydrogen-bond donors (Lipinski definition) is 2. The van der Waals surface area contributed by atoms with Crippen LogP contribution < -0.4 is 5.32 Å². The van der Waals surface area contributed by atoms with Gasteiger partial charge < -0.3 is 10.3 Å². The number of aromatic nitrogens is 1. The second-order valence-electron chi connectivity index (χ2n) is 8.06. The van der Waals surface area contributed by atoms with E-state index in [4.69, 9.17) is 0 Å². The summed E-state index contributed by atoms with van der Waals surface area (Å²) in [6, 6.07) is 16.6. The lowest BCUT2D eigenvalue weighted by Gasteiger charge is -2.31. The van der Waals surface area contributed by atoms with Crippen LogP contribution >= 0.6 is 0 Å². The Morgan fingerprint density at radius 3 is 2.75 bits per heavy atom. The lowest BCUT2D eigenvalue weighted by molar-refractivity contribution is -0.120. The number of rotatable bonds is 6. The van der Waals surface area contributed by atoms with Crippen molar-refractivity contribution in [3.8, 4) is 0 Å². The second-order valence-corrected chi connectivity index (χ2v) is 8.06. The van der Waals surface area contributed by atoms with Gasteiger partial charge in [0.2, 0.25) is 5.91 Å². The molecule has 0 unspecified atom stereocenters. The third kappa shape index (κ3) is 4.45. The van der Waals surface area contributed by atoms with Crippen LogP contribution in [0.3, 0.4) is 0 Å². The first-order chi connectivity index (χ1) is 13.7. The van der Waals surface area contributed by atoms with Crippen molar-refractivity contribution in [2.24, 2.45) is 5.92 Å². The number of para-hydroxylation sites is 1. The molecule has 1 fully saturated rings. The summed E-state index contributed by atoms with van der Waals surface area (Å²) in [5.41, 5.74) is 4.66. The van der Waals surface area contributed by atoms with Crippen molar-refractivity contribution in [1.82, 2.24) is 15.2 Å². The van der Waals surface area contributed by atoms with Crippen LogP contribution in [0.5, 0.6) is 0 Å². The van der Waals surface area contributed by atoms with E-state index >= 15 is 0 Å². The van der Waals surface area contributed by atoms with Crippen LogP contribution in [0.15, 0.2) is 54.7 Å². The van der Waals surface area contributed by atoms with Crippen LogP contribution in [-0.4, -0.2) is 28.9 Å². The predicted molar refractivity (Wildman–Crippen MR) is 114 cm³/mol. The highest BCUT2D eigenvalue weighted by molar-refractivity contribution is 5.88. The Labute approximate surface area is 166 Å². The van der Waals surface area contributed by atoms with Crippen LogP contribution in [0.2, 0.25) is 0 Å². The number of nitrogens with zero attached hydrogens (tertiary/aromatic N) is 1. The minimum absolute atomic E-state index is 0.0613. The molecule has 1 saturated heterocycles. The molecule has 0 bridgehead atoms. The normalized spacial score (nSPS) is 17.7. The second kappa shape index (κ2) is 8.61. The molecule has 4 rings (SSSR count). The Bertz CT molecular complexity index is 946. The molecule has 1 atom stereocenters. The van der Waals surface area contributed by atoms with Gasteiger partial charge in [-0.25, -0.2) is 0 Å². The molecular formula is C24H29N3O. The number of nitrogens with one attached hydrogen (secondary N) is 2. The van der Waals surface area contributed by atoms with Gasteiger partial charge in [-0.3, -0.25) is 9.69 Å². The number of piperidine rings is 1.